The van der Waals surface area contributed by atoms with Crippen molar-refractivity contribution >= 4 is 21.8 Å². The van der Waals surface area contributed by atoms with E-state index >= 15 is 0 Å². The summed E-state index contributed by atoms with van der Waals surface area (Å²) in [5.74, 6) is -1.59. The molecule has 0 spiro atoms. The van der Waals surface area contributed by atoms with Gasteiger partial charge in [-0.15, -0.1) is 0 Å². The Bertz CT molecular complexity index is 708. The van der Waals surface area contributed by atoms with Crippen LogP contribution in [0.15, 0.2) is 35.2 Å². The van der Waals surface area contributed by atoms with Crippen molar-refractivity contribution in [3.8, 4) is 0 Å². The first-order valence-corrected chi connectivity index (χ1v) is 10.1. The normalized spacial score (nSPS) is 18.3. The Morgan fingerprint density at radius 2 is 1.73 bits per heavy atom. The van der Waals surface area contributed by atoms with Crippen molar-refractivity contribution in [3.05, 3.63) is 30.3 Å². The van der Waals surface area contributed by atoms with Gasteiger partial charge in [0.1, 0.15) is 0 Å². The summed E-state index contributed by atoms with van der Waals surface area (Å²) in [6, 6.07) is 8.09. The number of piperidine rings is 1. The van der Waals surface area contributed by atoms with Crippen LogP contribution in [0.5, 0.6) is 0 Å². The molecule has 9 heteroatoms. The first-order valence-electron chi connectivity index (χ1n) is 8.70. The van der Waals surface area contributed by atoms with Gasteiger partial charge in [0, 0.05) is 25.7 Å². The van der Waals surface area contributed by atoms with Crippen LogP contribution in [-0.4, -0.2) is 61.9 Å². The van der Waals surface area contributed by atoms with Gasteiger partial charge in [0.25, 0.3) is 0 Å². The molecule has 0 radical (unpaired) electrons. The Kier molecular flexibility index (Phi) is 7.55. The second kappa shape index (κ2) is 9.65. The van der Waals surface area contributed by atoms with Gasteiger partial charge in [-0.3, -0.25) is 9.59 Å². The van der Waals surface area contributed by atoms with Crippen molar-refractivity contribution in [2.45, 2.75) is 36.6 Å². The van der Waals surface area contributed by atoms with Gasteiger partial charge in [0.15, 0.2) is 0 Å². The number of carbonyl (C=O) groups is 2. The fourth-order valence-corrected chi connectivity index (χ4v) is 4.73. The van der Waals surface area contributed by atoms with E-state index in [2.05, 4.69) is 10.6 Å². The van der Waals surface area contributed by atoms with E-state index in [1.54, 1.807) is 30.3 Å². The molecule has 8 nitrogen and oxygen atoms in total. The number of aliphatic hydroxyl groups excluding tert-OH is 1. The molecule has 1 aliphatic rings. The number of sulfonamides is 1. The number of nitrogens with zero attached hydrogens (tertiary/aromatic N) is 1. The zero-order valence-electron chi connectivity index (χ0n) is 14.6. The molecule has 1 aromatic rings. The minimum Gasteiger partial charge on any atom is -0.395 e. The monoisotopic (exact) mass is 383 g/mol. The first kappa shape index (κ1) is 20.3. The minimum atomic E-state index is -3.58. The van der Waals surface area contributed by atoms with Crippen molar-refractivity contribution < 1.29 is 23.1 Å². The Hall–Kier alpha value is -1.97. The summed E-state index contributed by atoms with van der Waals surface area (Å²) in [5.41, 5.74) is 0. The van der Waals surface area contributed by atoms with Crippen molar-refractivity contribution in [1.29, 1.82) is 0 Å². The molecule has 2 amide bonds. The largest absolute Gasteiger partial charge is 0.395 e. The van der Waals surface area contributed by atoms with Crippen LogP contribution < -0.4 is 10.6 Å². The maximum absolute atomic E-state index is 12.9. The van der Waals surface area contributed by atoms with E-state index in [9.17, 15) is 18.0 Å². The number of hydrogen-bond donors (Lipinski definition) is 3. The molecule has 1 aliphatic heterocycles. The summed E-state index contributed by atoms with van der Waals surface area (Å²) in [4.78, 5) is 23.4. The molecule has 2 rings (SSSR count). The van der Waals surface area contributed by atoms with Gasteiger partial charge in [0.2, 0.25) is 10.0 Å². The molecule has 0 aromatic heterocycles. The zero-order chi connectivity index (χ0) is 19.0. The number of benzene rings is 1. The lowest BCUT2D eigenvalue weighted by molar-refractivity contribution is -0.139. The average molecular weight is 383 g/mol. The fourth-order valence-electron chi connectivity index (χ4n) is 2.99. The van der Waals surface area contributed by atoms with Gasteiger partial charge in [0.05, 0.1) is 11.5 Å². The van der Waals surface area contributed by atoms with Crippen LogP contribution in [0.25, 0.3) is 0 Å². The van der Waals surface area contributed by atoms with Crippen molar-refractivity contribution in [2.75, 3.05) is 26.2 Å². The van der Waals surface area contributed by atoms with E-state index in [0.717, 1.165) is 19.3 Å². The van der Waals surface area contributed by atoms with Gasteiger partial charge in [-0.1, -0.05) is 24.6 Å². The molecule has 1 atom stereocenters. The molecule has 1 aromatic carbocycles. The number of nitrogens with one attached hydrogen (secondary N) is 2. The van der Waals surface area contributed by atoms with Crippen molar-refractivity contribution in [2.24, 2.45) is 0 Å². The number of aliphatic hydroxyl groups is 1. The number of hydrogen-bond acceptors (Lipinski definition) is 5. The Balaban J connectivity index is 1.95. The van der Waals surface area contributed by atoms with Crippen LogP contribution in [-0.2, 0) is 19.6 Å². The lowest BCUT2D eigenvalue weighted by Gasteiger charge is -2.34. The van der Waals surface area contributed by atoms with E-state index in [1.165, 1.54) is 4.31 Å². The minimum absolute atomic E-state index is 0.0119. The topological polar surface area (TPSA) is 116 Å². The molecule has 0 bridgehead atoms. The standard InChI is InChI=1S/C17H25N3O5S/c21-13-11-19-17(23)16(22)18-10-9-14-6-4-5-12-20(14)26(24,25)15-7-2-1-3-8-15/h1-3,7-8,14,21H,4-6,9-13H2,(H,18,22)(H,19,23). The van der Waals surface area contributed by atoms with Gasteiger partial charge < -0.3 is 15.7 Å². The Morgan fingerprint density at radius 3 is 2.38 bits per heavy atom. The molecular formula is C17H25N3O5S. The highest BCUT2D eigenvalue weighted by atomic mass is 32.2. The highest BCUT2D eigenvalue weighted by Gasteiger charge is 2.33. The van der Waals surface area contributed by atoms with E-state index in [4.69, 9.17) is 5.11 Å². The summed E-state index contributed by atoms with van der Waals surface area (Å²) in [7, 11) is -3.58. The second-order valence-corrected chi connectivity index (χ2v) is 7.99. The van der Waals surface area contributed by atoms with Crippen LogP contribution >= 0.6 is 0 Å². The van der Waals surface area contributed by atoms with Gasteiger partial charge in [-0.25, -0.2) is 8.42 Å². The van der Waals surface area contributed by atoms with Crippen LogP contribution in [0.4, 0.5) is 0 Å². The van der Waals surface area contributed by atoms with Crippen molar-refractivity contribution in [1.82, 2.24) is 14.9 Å². The maximum Gasteiger partial charge on any atom is 0.309 e. The predicted octanol–water partition coefficient (Wildman–Crippen LogP) is -0.155. The van der Waals surface area contributed by atoms with Gasteiger partial charge in [-0.05, 0) is 31.4 Å². The van der Waals surface area contributed by atoms with Crippen LogP contribution in [0.2, 0.25) is 0 Å². The summed E-state index contributed by atoms with van der Waals surface area (Å²) in [5, 5.41) is 13.4. The molecule has 1 heterocycles. The quantitative estimate of drug-likeness (QED) is 0.566. The fraction of sp³-hybridized carbons (Fsp3) is 0.529. The van der Waals surface area contributed by atoms with Crippen LogP contribution in [0, 0.1) is 0 Å². The summed E-state index contributed by atoms with van der Waals surface area (Å²) in [6.07, 6.45) is 2.89. The molecule has 1 saturated heterocycles. The Labute approximate surface area is 153 Å². The van der Waals surface area contributed by atoms with E-state index in [1.807, 2.05) is 0 Å². The molecular weight excluding hydrogens is 358 g/mol. The molecule has 144 valence electrons. The summed E-state index contributed by atoms with van der Waals surface area (Å²) < 4.78 is 27.2. The molecule has 3 N–H and O–H groups in total. The van der Waals surface area contributed by atoms with Crippen molar-refractivity contribution in [3.63, 3.8) is 0 Å². The second-order valence-electron chi connectivity index (χ2n) is 6.10. The lowest BCUT2D eigenvalue weighted by atomic mass is 10.0. The van der Waals surface area contributed by atoms with E-state index in [0.29, 0.717) is 13.0 Å². The van der Waals surface area contributed by atoms with E-state index in [-0.39, 0.29) is 30.6 Å². The van der Waals surface area contributed by atoms with E-state index < -0.39 is 21.8 Å². The number of carbonyl (C=O) groups excluding carboxylic acids is 2. The van der Waals surface area contributed by atoms with Gasteiger partial charge in [-0.2, -0.15) is 4.31 Å². The third-order valence-electron chi connectivity index (χ3n) is 4.29. The van der Waals surface area contributed by atoms with Gasteiger partial charge >= 0.3 is 11.8 Å². The predicted molar refractivity (Wildman–Crippen MR) is 95.7 cm³/mol. The Morgan fingerprint density at radius 1 is 1.08 bits per heavy atom. The first-order chi connectivity index (χ1) is 12.5. The lowest BCUT2D eigenvalue weighted by Crippen LogP contribution is -2.46. The summed E-state index contributed by atoms with van der Waals surface area (Å²) in [6.45, 7) is 0.426. The molecule has 0 aliphatic carbocycles. The van der Waals surface area contributed by atoms with Crippen LogP contribution in [0.1, 0.15) is 25.7 Å². The molecule has 0 saturated carbocycles. The third kappa shape index (κ3) is 5.26. The third-order valence-corrected chi connectivity index (χ3v) is 6.26. The highest BCUT2D eigenvalue weighted by molar-refractivity contribution is 7.89. The smallest absolute Gasteiger partial charge is 0.309 e. The molecule has 1 fully saturated rings. The SMILES string of the molecule is O=C(NCCO)C(=O)NCCC1CCCCN1S(=O)(=O)c1ccccc1. The average Bonchev–Trinajstić information content (AvgIpc) is 2.67. The number of rotatable bonds is 7. The summed E-state index contributed by atoms with van der Waals surface area (Å²) >= 11 is 0. The van der Waals surface area contributed by atoms with Crippen LogP contribution in [0.3, 0.4) is 0 Å². The maximum atomic E-state index is 12.9. The number of amides is 2. The zero-order valence-corrected chi connectivity index (χ0v) is 15.4. The molecule has 1 unspecified atom stereocenters. The highest BCUT2D eigenvalue weighted by Crippen LogP contribution is 2.26. The molecule has 26 heavy (non-hydrogen) atoms.